The van der Waals surface area contributed by atoms with Crippen LogP contribution in [0.5, 0.6) is 0 Å². The van der Waals surface area contributed by atoms with Crippen LogP contribution in [0.1, 0.15) is 22.8 Å². The molecule has 0 bridgehead atoms. The SMILES string of the molecule is O=S(=O)(CCC(F)(F)F)C(c1ccncc1Cl)c1c(F)ccc(F)c1F. The van der Waals surface area contributed by atoms with Crippen LogP contribution in [0, 0.1) is 17.5 Å². The third kappa shape index (κ3) is 4.47. The fourth-order valence-corrected chi connectivity index (χ4v) is 4.50. The van der Waals surface area contributed by atoms with E-state index in [0.29, 0.717) is 12.1 Å². The highest BCUT2D eigenvalue weighted by Crippen LogP contribution is 2.39. The molecule has 1 aromatic carbocycles. The Morgan fingerprint density at radius 1 is 1.08 bits per heavy atom. The van der Waals surface area contributed by atoms with Crippen LogP contribution in [0.15, 0.2) is 30.6 Å². The molecule has 0 aliphatic carbocycles. The Morgan fingerprint density at radius 2 is 1.69 bits per heavy atom. The van der Waals surface area contributed by atoms with E-state index >= 15 is 0 Å². The van der Waals surface area contributed by atoms with Crippen LogP contribution in [0.25, 0.3) is 0 Å². The quantitative estimate of drug-likeness (QED) is 0.527. The Hall–Kier alpha value is -1.81. The van der Waals surface area contributed by atoms with Gasteiger partial charge in [-0.15, -0.1) is 0 Å². The molecular formula is C15H10ClF6NO2S. The molecule has 0 amide bonds. The minimum absolute atomic E-state index is 0.351. The van der Waals surface area contributed by atoms with E-state index < -0.39 is 62.0 Å². The van der Waals surface area contributed by atoms with Crippen molar-refractivity contribution in [2.45, 2.75) is 17.8 Å². The average Bonchev–Trinajstić information content (AvgIpc) is 2.54. The van der Waals surface area contributed by atoms with Gasteiger partial charge in [-0.05, 0) is 23.8 Å². The Labute approximate surface area is 149 Å². The fraction of sp³-hybridized carbons (Fsp3) is 0.267. The smallest absolute Gasteiger partial charge is 0.263 e. The van der Waals surface area contributed by atoms with Crippen LogP contribution < -0.4 is 0 Å². The number of pyridine rings is 1. The standard InChI is InChI=1S/C15H10ClF6NO2S/c16-9-7-23-5-3-8(9)14(26(24,25)6-4-15(20,21)22)12-10(17)1-2-11(18)13(12)19/h1-3,5,7,14H,4,6H2. The van der Waals surface area contributed by atoms with Gasteiger partial charge >= 0.3 is 6.18 Å². The molecule has 2 aromatic rings. The van der Waals surface area contributed by atoms with Crippen molar-refractivity contribution in [3.8, 4) is 0 Å². The summed E-state index contributed by atoms with van der Waals surface area (Å²) < 4.78 is 104. The molecule has 11 heteroatoms. The summed E-state index contributed by atoms with van der Waals surface area (Å²) in [5, 5.41) is -2.62. The molecule has 0 aliphatic rings. The first kappa shape index (κ1) is 20.5. The number of alkyl halides is 3. The molecule has 0 aliphatic heterocycles. The van der Waals surface area contributed by atoms with Crippen LogP contribution >= 0.6 is 11.6 Å². The zero-order valence-corrected chi connectivity index (χ0v) is 14.3. The first-order chi connectivity index (χ1) is 11.9. The van der Waals surface area contributed by atoms with Crippen LogP contribution in [0.2, 0.25) is 5.02 Å². The Balaban J connectivity index is 2.70. The zero-order valence-electron chi connectivity index (χ0n) is 12.7. The number of rotatable bonds is 5. The van der Waals surface area contributed by atoms with E-state index in [2.05, 4.69) is 4.98 Å². The lowest BCUT2D eigenvalue weighted by molar-refractivity contribution is -0.129. The van der Waals surface area contributed by atoms with Crippen molar-refractivity contribution in [1.82, 2.24) is 4.98 Å². The number of benzene rings is 1. The summed E-state index contributed by atoms with van der Waals surface area (Å²) in [7, 11) is -4.82. The maximum absolute atomic E-state index is 14.2. The van der Waals surface area contributed by atoms with Gasteiger partial charge in [0.05, 0.1) is 17.2 Å². The van der Waals surface area contributed by atoms with Gasteiger partial charge in [0, 0.05) is 18.0 Å². The summed E-state index contributed by atoms with van der Waals surface area (Å²) >= 11 is 5.82. The van der Waals surface area contributed by atoms with E-state index in [4.69, 9.17) is 11.6 Å². The van der Waals surface area contributed by atoms with Gasteiger partial charge in [0.1, 0.15) is 11.1 Å². The van der Waals surface area contributed by atoms with Gasteiger partial charge in [0.15, 0.2) is 21.5 Å². The van der Waals surface area contributed by atoms with Gasteiger partial charge in [-0.25, -0.2) is 21.6 Å². The first-order valence-electron chi connectivity index (χ1n) is 6.95. The predicted octanol–water partition coefficient (Wildman–Crippen LogP) is 4.61. The Bertz CT molecular complexity index is 917. The molecule has 1 heterocycles. The molecule has 0 saturated heterocycles. The number of hydrogen-bond acceptors (Lipinski definition) is 3. The molecule has 0 fully saturated rings. The molecule has 0 spiro atoms. The molecular weight excluding hydrogens is 408 g/mol. The number of nitrogens with zero attached hydrogens (tertiary/aromatic N) is 1. The summed E-state index contributed by atoms with van der Waals surface area (Å²) in [6.45, 7) is 0. The van der Waals surface area contributed by atoms with E-state index in [1.165, 1.54) is 0 Å². The normalized spacial score (nSPS) is 13.7. The van der Waals surface area contributed by atoms with E-state index in [1.54, 1.807) is 0 Å². The largest absolute Gasteiger partial charge is 0.390 e. The molecule has 0 saturated carbocycles. The number of halogens is 7. The Kier molecular flexibility index (Phi) is 5.86. The molecule has 1 aromatic heterocycles. The van der Waals surface area contributed by atoms with Crippen molar-refractivity contribution in [2.75, 3.05) is 5.75 Å². The van der Waals surface area contributed by atoms with Crippen molar-refractivity contribution in [3.05, 3.63) is 64.2 Å². The van der Waals surface area contributed by atoms with Crippen LogP contribution in [-0.4, -0.2) is 25.3 Å². The van der Waals surface area contributed by atoms with E-state index in [-0.39, 0.29) is 5.02 Å². The van der Waals surface area contributed by atoms with E-state index in [1.807, 2.05) is 0 Å². The number of hydrogen-bond donors (Lipinski definition) is 0. The average molecular weight is 418 g/mol. The van der Waals surface area contributed by atoms with Crippen molar-refractivity contribution in [3.63, 3.8) is 0 Å². The second-order valence-corrected chi connectivity index (χ2v) is 7.88. The van der Waals surface area contributed by atoms with Crippen molar-refractivity contribution in [2.24, 2.45) is 0 Å². The number of sulfone groups is 1. The molecule has 1 unspecified atom stereocenters. The van der Waals surface area contributed by atoms with Crippen molar-refractivity contribution >= 4 is 21.4 Å². The highest BCUT2D eigenvalue weighted by Gasteiger charge is 2.39. The summed E-state index contributed by atoms with van der Waals surface area (Å²) in [5.74, 6) is -6.27. The lowest BCUT2D eigenvalue weighted by atomic mass is 10.0. The second kappa shape index (κ2) is 7.43. The van der Waals surface area contributed by atoms with Gasteiger partial charge in [0.25, 0.3) is 0 Å². The summed E-state index contributed by atoms with van der Waals surface area (Å²) in [5.41, 5.74) is -1.65. The third-order valence-corrected chi connectivity index (χ3v) is 5.75. The summed E-state index contributed by atoms with van der Waals surface area (Å²) in [6, 6.07) is 1.90. The van der Waals surface area contributed by atoms with Gasteiger partial charge in [-0.2, -0.15) is 13.2 Å². The highest BCUT2D eigenvalue weighted by molar-refractivity contribution is 7.91. The van der Waals surface area contributed by atoms with E-state index in [9.17, 15) is 34.8 Å². The monoisotopic (exact) mass is 417 g/mol. The maximum Gasteiger partial charge on any atom is 0.390 e. The first-order valence-corrected chi connectivity index (χ1v) is 9.04. The molecule has 1 atom stereocenters. The van der Waals surface area contributed by atoms with Crippen LogP contribution in [0.3, 0.4) is 0 Å². The van der Waals surface area contributed by atoms with Gasteiger partial charge < -0.3 is 0 Å². The van der Waals surface area contributed by atoms with Gasteiger partial charge in [-0.3, -0.25) is 4.98 Å². The summed E-state index contributed by atoms with van der Waals surface area (Å²) in [6.07, 6.45) is -4.56. The minimum Gasteiger partial charge on any atom is -0.263 e. The van der Waals surface area contributed by atoms with Crippen LogP contribution in [0.4, 0.5) is 26.3 Å². The molecule has 2 rings (SSSR count). The predicted molar refractivity (Wildman–Crippen MR) is 81.9 cm³/mol. The molecule has 0 N–H and O–H groups in total. The van der Waals surface area contributed by atoms with Gasteiger partial charge in [0.2, 0.25) is 0 Å². The van der Waals surface area contributed by atoms with Crippen molar-refractivity contribution < 1.29 is 34.8 Å². The van der Waals surface area contributed by atoms with Gasteiger partial charge in [-0.1, -0.05) is 11.6 Å². The van der Waals surface area contributed by atoms with Crippen LogP contribution in [-0.2, 0) is 9.84 Å². The Morgan fingerprint density at radius 3 is 2.27 bits per heavy atom. The number of aromatic nitrogens is 1. The fourth-order valence-electron chi connectivity index (χ4n) is 2.29. The molecule has 0 radical (unpaired) electrons. The lowest BCUT2D eigenvalue weighted by Crippen LogP contribution is -2.24. The van der Waals surface area contributed by atoms with E-state index in [0.717, 1.165) is 18.5 Å². The lowest BCUT2D eigenvalue weighted by Gasteiger charge is -2.21. The molecule has 26 heavy (non-hydrogen) atoms. The third-order valence-electron chi connectivity index (χ3n) is 3.46. The second-order valence-electron chi connectivity index (χ2n) is 5.27. The highest BCUT2D eigenvalue weighted by atomic mass is 35.5. The molecule has 3 nitrogen and oxygen atoms in total. The summed E-state index contributed by atoms with van der Waals surface area (Å²) in [4.78, 5) is 3.58. The topological polar surface area (TPSA) is 47.0 Å². The zero-order chi connectivity index (χ0) is 19.7. The van der Waals surface area contributed by atoms with Crippen molar-refractivity contribution in [1.29, 1.82) is 0 Å². The minimum atomic E-state index is -4.82. The maximum atomic E-state index is 14.2. The molecule has 142 valence electrons.